The summed E-state index contributed by atoms with van der Waals surface area (Å²) in [5, 5.41) is 2.79. The number of rotatable bonds is 4. The standard InChI is InChI=1S/C10H16F2N4/c1-6(16(2)3)5-14-10-8(12)4-7(11)9(13)15-10/h4,6H,5H2,1-3H3,(H3,13,14,15). The number of likely N-dealkylation sites (N-methyl/N-ethyl adjacent to an activating group) is 1. The molecule has 3 N–H and O–H groups in total. The van der Waals surface area contributed by atoms with Gasteiger partial charge in [0.15, 0.2) is 23.3 Å². The summed E-state index contributed by atoms with van der Waals surface area (Å²) in [5.74, 6) is -1.91. The molecule has 1 rings (SSSR count). The van der Waals surface area contributed by atoms with E-state index >= 15 is 0 Å². The second kappa shape index (κ2) is 5.07. The summed E-state index contributed by atoms with van der Waals surface area (Å²) >= 11 is 0. The van der Waals surface area contributed by atoms with E-state index in [1.165, 1.54) is 0 Å². The molecule has 0 radical (unpaired) electrons. The highest BCUT2D eigenvalue weighted by atomic mass is 19.1. The molecule has 0 aliphatic rings. The topological polar surface area (TPSA) is 54.2 Å². The van der Waals surface area contributed by atoms with Gasteiger partial charge in [-0.25, -0.2) is 13.8 Å². The Morgan fingerprint density at radius 2 is 2.06 bits per heavy atom. The third-order valence-electron chi connectivity index (χ3n) is 2.40. The molecule has 0 amide bonds. The van der Waals surface area contributed by atoms with Crippen LogP contribution in [0.15, 0.2) is 6.07 Å². The van der Waals surface area contributed by atoms with Crippen molar-refractivity contribution in [1.29, 1.82) is 0 Å². The Morgan fingerprint density at radius 3 is 2.62 bits per heavy atom. The molecular formula is C10H16F2N4. The lowest BCUT2D eigenvalue weighted by atomic mass is 10.3. The highest BCUT2D eigenvalue weighted by molar-refractivity contribution is 5.44. The van der Waals surface area contributed by atoms with Crippen molar-refractivity contribution in [1.82, 2.24) is 9.88 Å². The highest BCUT2D eigenvalue weighted by Gasteiger charge is 2.11. The van der Waals surface area contributed by atoms with E-state index in [4.69, 9.17) is 5.73 Å². The van der Waals surface area contributed by atoms with Crippen LogP contribution in [0.4, 0.5) is 20.4 Å². The Bertz CT molecular complexity index is 368. The molecule has 0 saturated heterocycles. The lowest BCUT2D eigenvalue weighted by Crippen LogP contribution is -2.32. The third-order valence-corrected chi connectivity index (χ3v) is 2.40. The molecule has 4 nitrogen and oxygen atoms in total. The average molecular weight is 230 g/mol. The minimum absolute atomic E-state index is 0.0207. The number of nitrogen functional groups attached to an aromatic ring is 1. The molecule has 0 spiro atoms. The van der Waals surface area contributed by atoms with Crippen molar-refractivity contribution >= 4 is 11.6 Å². The summed E-state index contributed by atoms with van der Waals surface area (Å²) in [6.07, 6.45) is 0. The van der Waals surface area contributed by atoms with Crippen molar-refractivity contribution in [2.45, 2.75) is 13.0 Å². The van der Waals surface area contributed by atoms with E-state index < -0.39 is 11.6 Å². The van der Waals surface area contributed by atoms with Gasteiger partial charge in [-0.05, 0) is 21.0 Å². The van der Waals surface area contributed by atoms with Gasteiger partial charge in [0.1, 0.15) is 0 Å². The average Bonchev–Trinajstić information content (AvgIpc) is 2.20. The van der Waals surface area contributed by atoms with Gasteiger partial charge in [0.05, 0.1) is 0 Å². The molecule has 0 aliphatic carbocycles. The fourth-order valence-corrected chi connectivity index (χ4v) is 1.03. The molecule has 0 fully saturated rings. The number of hydrogen-bond donors (Lipinski definition) is 2. The Morgan fingerprint density at radius 1 is 1.44 bits per heavy atom. The van der Waals surface area contributed by atoms with E-state index in [1.54, 1.807) is 0 Å². The van der Waals surface area contributed by atoms with Gasteiger partial charge < -0.3 is 16.0 Å². The van der Waals surface area contributed by atoms with Gasteiger partial charge in [-0.3, -0.25) is 0 Å². The smallest absolute Gasteiger partial charge is 0.168 e. The molecule has 0 bridgehead atoms. The highest BCUT2D eigenvalue weighted by Crippen LogP contribution is 2.16. The molecule has 1 aromatic heterocycles. The summed E-state index contributed by atoms with van der Waals surface area (Å²) in [5.41, 5.74) is 5.25. The third kappa shape index (κ3) is 3.03. The first kappa shape index (κ1) is 12.6. The predicted octanol–water partition coefficient (Wildman–Crippen LogP) is 1.30. The fraction of sp³-hybridized carbons (Fsp3) is 0.500. The van der Waals surface area contributed by atoms with Crippen LogP contribution in [0, 0.1) is 11.6 Å². The van der Waals surface area contributed by atoms with Crippen molar-refractivity contribution in [3.63, 3.8) is 0 Å². The molecule has 0 saturated carbocycles. The maximum atomic E-state index is 13.2. The Hall–Kier alpha value is -1.43. The lowest BCUT2D eigenvalue weighted by molar-refractivity contribution is 0.325. The van der Waals surface area contributed by atoms with E-state index in [0.717, 1.165) is 6.07 Å². The van der Waals surface area contributed by atoms with Crippen LogP contribution in [-0.2, 0) is 0 Å². The van der Waals surface area contributed by atoms with Crippen molar-refractivity contribution in [2.75, 3.05) is 31.7 Å². The Labute approximate surface area is 93.5 Å². The molecule has 1 unspecified atom stereocenters. The molecule has 1 heterocycles. The predicted molar refractivity (Wildman–Crippen MR) is 60.2 cm³/mol. The first-order valence-corrected chi connectivity index (χ1v) is 4.93. The molecule has 1 atom stereocenters. The number of aromatic nitrogens is 1. The zero-order valence-corrected chi connectivity index (χ0v) is 9.59. The zero-order chi connectivity index (χ0) is 12.3. The number of anilines is 2. The monoisotopic (exact) mass is 230 g/mol. The number of nitrogens with one attached hydrogen (secondary N) is 1. The quantitative estimate of drug-likeness (QED) is 0.818. The van der Waals surface area contributed by atoms with Crippen molar-refractivity contribution in [2.24, 2.45) is 0 Å². The molecule has 1 aromatic rings. The minimum Gasteiger partial charge on any atom is -0.381 e. The number of nitrogens with two attached hydrogens (primary N) is 1. The van der Waals surface area contributed by atoms with Crippen molar-refractivity contribution < 1.29 is 8.78 Å². The summed E-state index contributed by atoms with van der Waals surface area (Å²) in [7, 11) is 3.82. The van der Waals surface area contributed by atoms with Crippen LogP contribution in [0.2, 0.25) is 0 Å². The second-order valence-corrected chi connectivity index (χ2v) is 3.88. The number of hydrogen-bond acceptors (Lipinski definition) is 4. The van der Waals surface area contributed by atoms with Gasteiger partial charge >= 0.3 is 0 Å². The maximum absolute atomic E-state index is 13.2. The van der Waals surface area contributed by atoms with Gasteiger partial charge in [-0.1, -0.05) is 0 Å². The van der Waals surface area contributed by atoms with Gasteiger partial charge in [-0.2, -0.15) is 0 Å². The lowest BCUT2D eigenvalue weighted by Gasteiger charge is -2.20. The first-order chi connectivity index (χ1) is 7.41. The Kier molecular flexibility index (Phi) is 4.00. The number of nitrogens with zero attached hydrogens (tertiary/aromatic N) is 2. The van der Waals surface area contributed by atoms with E-state index in [1.807, 2.05) is 25.9 Å². The zero-order valence-electron chi connectivity index (χ0n) is 9.59. The number of halogens is 2. The maximum Gasteiger partial charge on any atom is 0.168 e. The van der Waals surface area contributed by atoms with Crippen LogP contribution in [0.5, 0.6) is 0 Å². The second-order valence-electron chi connectivity index (χ2n) is 3.88. The minimum atomic E-state index is -0.844. The van der Waals surface area contributed by atoms with Gasteiger partial charge in [0, 0.05) is 18.7 Å². The summed E-state index contributed by atoms with van der Waals surface area (Å²) in [6.45, 7) is 2.47. The first-order valence-electron chi connectivity index (χ1n) is 4.93. The molecule has 6 heteroatoms. The van der Waals surface area contributed by atoms with Crippen molar-refractivity contribution in [3.05, 3.63) is 17.7 Å². The van der Waals surface area contributed by atoms with E-state index in [2.05, 4.69) is 10.3 Å². The van der Waals surface area contributed by atoms with E-state index in [9.17, 15) is 8.78 Å². The summed E-state index contributed by atoms with van der Waals surface area (Å²) in [4.78, 5) is 5.57. The summed E-state index contributed by atoms with van der Waals surface area (Å²) < 4.78 is 26.1. The van der Waals surface area contributed by atoms with Crippen LogP contribution < -0.4 is 11.1 Å². The largest absolute Gasteiger partial charge is 0.381 e. The molecular weight excluding hydrogens is 214 g/mol. The van der Waals surface area contributed by atoms with E-state index in [0.29, 0.717) is 6.54 Å². The molecule has 16 heavy (non-hydrogen) atoms. The summed E-state index contributed by atoms with van der Waals surface area (Å²) in [6, 6.07) is 0.929. The van der Waals surface area contributed by atoms with Crippen LogP contribution in [-0.4, -0.2) is 36.6 Å². The van der Waals surface area contributed by atoms with E-state index in [-0.39, 0.29) is 17.7 Å². The molecule has 0 aliphatic heterocycles. The van der Waals surface area contributed by atoms with Gasteiger partial charge in [0.25, 0.3) is 0 Å². The fourth-order valence-electron chi connectivity index (χ4n) is 1.03. The SMILES string of the molecule is CC(CNc1nc(N)c(F)cc1F)N(C)C. The van der Waals surface area contributed by atoms with Crippen LogP contribution in [0.1, 0.15) is 6.92 Å². The van der Waals surface area contributed by atoms with Gasteiger partial charge in [0.2, 0.25) is 0 Å². The van der Waals surface area contributed by atoms with Crippen LogP contribution in [0.25, 0.3) is 0 Å². The molecule has 90 valence electrons. The van der Waals surface area contributed by atoms with Gasteiger partial charge in [-0.15, -0.1) is 0 Å². The Balaban J connectivity index is 2.71. The number of pyridine rings is 1. The van der Waals surface area contributed by atoms with Crippen molar-refractivity contribution in [3.8, 4) is 0 Å². The normalized spacial score (nSPS) is 12.9. The van der Waals surface area contributed by atoms with Crippen LogP contribution >= 0.6 is 0 Å². The molecule has 0 aromatic carbocycles. The van der Waals surface area contributed by atoms with Crippen LogP contribution in [0.3, 0.4) is 0 Å².